The van der Waals surface area contributed by atoms with Gasteiger partial charge in [0.1, 0.15) is 11.3 Å². The van der Waals surface area contributed by atoms with Gasteiger partial charge in [-0.05, 0) is 101 Å². The van der Waals surface area contributed by atoms with Crippen molar-refractivity contribution in [3.05, 3.63) is 181 Å². The molecule has 1 heterocycles. The third-order valence-electron chi connectivity index (χ3n) is 10.4. The maximum atomic E-state index is 6.61. The summed E-state index contributed by atoms with van der Waals surface area (Å²) in [7, 11) is 0. The molecule has 0 bridgehead atoms. The van der Waals surface area contributed by atoms with Crippen LogP contribution in [0.2, 0.25) is 0 Å². The van der Waals surface area contributed by atoms with E-state index in [1.165, 1.54) is 82.0 Å². The number of rotatable bonds is 3. The fourth-order valence-corrected chi connectivity index (χ4v) is 8.07. The van der Waals surface area contributed by atoms with Gasteiger partial charge in [0.25, 0.3) is 0 Å². The molecule has 0 spiro atoms. The number of hydrogen-bond donors (Lipinski definition) is 0. The second kappa shape index (κ2) is 10.9. The van der Waals surface area contributed by atoms with Gasteiger partial charge in [0.15, 0.2) is 0 Å². The molecule has 1 atom stereocenters. The van der Waals surface area contributed by atoms with Gasteiger partial charge >= 0.3 is 0 Å². The van der Waals surface area contributed by atoms with E-state index in [0.717, 1.165) is 16.7 Å². The Morgan fingerprint density at radius 3 is 1.78 bits per heavy atom. The van der Waals surface area contributed by atoms with Gasteiger partial charge in [-0.2, -0.15) is 0 Å². The summed E-state index contributed by atoms with van der Waals surface area (Å²) in [4.78, 5) is 0. The van der Waals surface area contributed by atoms with Gasteiger partial charge < -0.3 is 4.42 Å². The quantitative estimate of drug-likeness (QED) is 0.178. The van der Waals surface area contributed by atoms with Crippen molar-refractivity contribution in [2.45, 2.75) is 12.8 Å². The molecule has 1 nitrogen and oxygen atoms in total. The fourth-order valence-electron chi connectivity index (χ4n) is 8.07. The summed E-state index contributed by atoms with van der Waals surface area (Å²) in [6, 6.07) is 55.2. The van der Waals surface area contributed by atoms with E-state index in [4.69, 9.17) is 4.42 Å². The van der Waals surface area contributed by atoms with Crippen LogP contribution in [-0.2, 0) is 0 Å². The molecule has 0 saturated heterocycles. The summed E-state index contributed by atoms with van der Waals surface area (Å²) in [6.07, 6.45) is 6.97. The highest BCUT2D eigenvalue weighted by atomic mass is 16.3. The highest BCUT2D eigenvalue weighted by Crippen LogP contribution is 2.46. The molecule has 0 fully saturated rings. The summed E-state index contributed by atoms with van der Waals surface area (Å²) in [5.41, 5.74) is 9.54. The van der Waals surface area contributed by atoms with Gasteiger partial charge in [0, 0.05) is 16.9 Å². The Kier molecular flexibility index (Phi) is 6.22. The van der Waals surface area contributed by atoms with Crippen molar-refractivity contribution in [3.8, 4) is 22.3 Å². The van der Waals surface area contributed by atoms with Gasteiger partial charge in [0.05, 0.1) is 0 Å². The standard InChI is InChI=1S/C48H32O/c1-30-24-25-36(28-44-43-27-32-13-2-3-14-33(32)29-45(43)49-48(30)44)47-41-21-8-6-19-39(41)46(40-20-7-9-22-42(40)47)35-17-10-16-34(26-35)38-23-11-15-31-12-4-5-18-37(31)38/h2-30H,1H3/t30-/m0/s1. The molecule has 1 aliphatic carbocycles. The van der Waals surface area contributed by atoms with Gasteiger partial charge in [-0.25, -0.2) is 0 Å². The lowest BCUT2D eigenvalue weighted by molar-refractivity contribution is 0.536. The zero-order valence-electron chi connectivity index (χ0n) is 27.2. The summed E-state index contributed by atoms with van der Waals surface area (Å²) in [5.74, 6) is 1.17. The van der Waals surface area contributed by atoms with Crippen molar-refractivity contribution in [1.82, 2.24) is 0 Å². The first-order valence-corrected chi connectivity index (χ1v) is 17.1. The largest absolute Gasteiger partial charge is 0.460 e. The van der Waals surface area contributed by atoms with Crippen LogP contribution in [0.4, 0.5) is 0 Å². The van der Waals surface area contributed by atoms with E-state index >= 15 is 0 Å². The Labute approximate surface area is 285 Å². The summed E-state index contributed by atoms with van der Waals surface area (Å²) in [5, 5.41) is 11.1. The van der Waals surface area contributed by atoms with Crippen molar-refractivity contribution >= 4 is 65.7 Å². The van der Waals surface area contributed by atoms with E-state index in [1.54, 1.807) is 0 Å². The molecule has 1 aromatic heterocycles. The smallest absolute Gasteiger partial charge is 0.135 e. The van der Waals surface area contributed by atoms with Crippen molar-refractivity contribution < 1.29 is 4.42 Å². The van der Waals surface area contributed by atoms with Crippen LogP contribution in [0.15, 0.2) is 168 Å². The Hall–Kier alpha value is -6.18. The molecule has 0 N–H and O–H groups in total. The molecule has 8 aromatic carbocycles. The second-order valence-corrected chi connectivity index (χ2v) is 13.3. The summed E-state index contributed by atoms with van der Waals surface area (Å²) < 4.78 is 6.61. The van der Waals surface area contributed by atoms with Crippen molar-refractivity contribution in [3.63, 3.8) is 0 Å². The zero-order chi connectivity index (χ0) is 32.5. The Balaban J connectivity index is 1.23. The molecular weight excluding hydrogens is 593 g/mol. The van der Waals surface area contributed by atoms with E-state index < -0.39 is 0 Å². The topological polar surface area (TPSA) is 13.1 Å². The SMILES string of the molecule is C[C@H]1C=CC(c2c3ccccc3c(-c3cccc(-c4cccc5ccccc45)c3)c3ccccc23)=Cc2c1oc1cc3ccccc3cc21. The predicted molar refractivity (Wildman–Crippen MR) is 209 cm³/mol. The van der Waals surface area contributed by atoms with Gasteiger partial charge in [-0.3, -0.25) is 0 Å². The van der Waals surface area contributed by atoms with Crippen molar-refractivity contribution in [2.75, 3.05) is 0 Å². The zero-order valence-corrected chi connectivity index (χ0v) is 27.2. The average Bonchev–Trinajstić information content (AvgIpc) is 3.42. The van der Waals surface area contributed by atoms with E-state index in [9.17, 15) is 0 Å². The Bertz CT molecular complexity index is 2780. The van der Waals surface area contributed by atoms with Gasteiger partial charge in [0.2, 0.25) is 0 Å². The van der Waals surface area contributed by atoms with Crippen LogP contribution in [-0.4, -0.2) is 0 Å². The molecule has 10 rings (SSSR count). The van der Waals surface area contributed by atoms with Gasteiger partial charge in [-0.1, -0.05) is 153 Å². The van der Waals surface area contributed by atoms with Gasteiger partial charge in [-0.15, -0.1) is 0 Å². The molecule has 1 aliphatic rings. The van der Waals surface area contributed by atoms with Crippen molar-refractivity contribution in [1.29, 1.82) is 0 Å². The van der Waals surface area contributed by atoms with Crippen LogP contribution >= 0.6 is 0 Å². The molecule has 9 aromatic rings. The molecule has 1 heteroatoms. The number of benzene rings is 8. The maximum absolute atomic E-state index is 6.61. The lowest BCUT2D eigenvalue weighted by Gasteiger charge is -2.19. The molecular formula is C48H32O. The van der Waals surface area contributed by atoms with Crippen LogP contribution in [0.25, 0.3) is 88.0 Å². The van der Waals surface area contributed by atoms with E-state index in [1.807, 2.05) is 0 Å². The Morgan fingerprint density at radius 1 is 0.469 bits per heavy atom. The third-order valence-corrected chi connectivity index (χ3v) is 10.4. The molecule has 0 radical (unpaired) electrons. The first kappa shape index (κ1) is 27.9. The van der Waals surface area contributed by atoms with Crippen LogP contribution in [0.3, 0.4) is 0 Å². The molecule has 230 valence electrons. The minimum absolute atomic E-state index is 0.146. The molecule has 0 saturated carbocycles. The second-order valence-electron chi connectivity index (χ2n) is 13.3. The first-order valence-electron chi connectivity index (χ1n) is 17.1. The normalized spacial score (nSPS) is 14.5. The van der Waals surface area contributed by atoms with Crippen LogP contribution in [0, 0.1) is 0 Å². The predicted octanol–water partition coefficient (Wildman–Crippen LogP) is 13.6. The lowest BCUT2D eigenvalue weighted by Crippen LogP contribution is -1.93. The molecule has 49 heavy (non-hydrogen) atoms. The summed E-state index contributed by atoms with van der Waals surface area (Å²) in [6.45, 7) is 2.23. The van der Waals surface area contributed by atoms with Crippen molar-refractivity contribution in [2.24, 2.45) is 0 Å². The third kappa shape index (κ3) is 4.40. The molecule has 0 unspecified atom stereocenters. The Morgan fingerprint density at radius 2 is 1.04 bits per heavy atom. The van der Waals surface area contributed by atoms with Crippen LogP contribution in [0.5, 0.6) is 0 Å². The molecule has 0 amide bonds. The minimum atomic E-state index is 0.146. The highest BCUT2D eigenvalue weighted by Gasteiger charge is 2.23. The number of fused-ring (bicyclic) bond motifs is 7. The maximum Gasteiger partial charge on any atom is 0.135 e. The van der Waals surface area contributed by atoms with E-state index in [2.05, 4.69) is 177 Å². The van der Waals surface area contributed by atoms with Crippen LogP contribution in [0.1, 0.15) is 29.7 Å². The number of furan rings is 1. The van der Waals surface area contributed by atoms with Crippen LogP contribution < -0.4 is 0 Å². The number of allylic oxidation sites excluding steroid dienone is 3. The monoisotopic (exact) mass is 624 g/mol. The fraction of sp³-hybridized carbons (Fsp3) is 0.0417. The minimum Gasteiger partial charge on any atom is -0.460 e. The highest BCUT2D eigenvalue weighted by molar-refractivity contribution is 6.21. The number of hydrogen-bond acceptors (Lipinski definition) is 1. The van der Waals surface area contributed by atoms with E-state index in [-0.39, 0.29) is 5.92 Å². The summed E-state index contributed by atoms with van der Waals surface area (Å²) >= 11 is 0. The average molecular weight is 625 g/mol. The van der Waals surface area contributed by atoms with E-state index in [0.29, 0.717) is 0 Å². The first-order chi connectivity index (χ1) is 24.2. The molecule has 0 aliphatic heterocycles. The lowest BCUT2D eigenvalue weighted by atomic mass is 9.84.